The number of aromatic nitrogens is 1. The molecule has 0 radical (unpaired) electrons. The minimum Gasteiger partial charge on any atom is -0.302 e. The molecular formula is C16H17F3N2. The van der Waals surface area contributed by atoms with Crippen LogP contribution >= 0.6 is 0 Å². The number of pyridine rings is 1. The van der Waals surface area contributed by atoms with Crippen LogP contribution in [0.2, 0.25) is 0 Å². The fourth-order valence-electron chi connectivity index (χ4n) is 2.15. The second kappa shape index (κ2) is 6.26. The molecule has 0 aliphatic heterocycles. The molecule has 1 aromatic carbocycles. The normalized spacial score (nSPS) is 14.7. The first-order chi connectivity index (χ1) is 9.88. The van der Waals surface area contributed by atoms with E-state index in [2.05, 4.69) is 10.3 Å². The average molecular weight is 294 g/mol. The Morgan fingerprint density at radius 3 is 2.14 bits per heavy atom. The number of hydrogen-bond acceptors (Lipinski definition) is 2. The Morgan fingerprint density at radius 1 is 0.952 bits per heavy atom. The third-order valence-electron chi connectivity index (χ3n) is 3.37. The number of benzene rings is 1. The Hall–Kier alpha value is -1.88. The van der Waals surface area contributed by atoms with Crippen molar-refractivity contribution in [2.75, 3.05) is 0 Å². The lowest BCUT2D eigenvalue weighted by Crippen LogP contribution is -2.23. The summed E-state index contributed by atoms with van der Waals surface area (Å²) in [5.74, 6) is 0. The van der Waals surface area contributed by atoms with E-state index >= 15 is 0 Å². The molecule has 2 atom stereocenters. The molecule has 0 aliphatic carbocycles. The Kier molecular flexibility index (Phi) is 4.63. The van der Waals surface area contributed by atoms with Gasteiger partial charge in [0.2, 0.25) is 0 Å². The van der Waals surface area contributed by atoms with Crippen LogP contribution in [0.4, 0.5) is 13.2 Å². The molecule has 0 bridgehead atoms. The molecule has 0 saturated carbocycles. The van der Waals surface area contributed by atoms with Crippen molar-refractivity contribution >= 4 is 0 Å². The van der Waals surface area contributed by atoms with E-state index in [-0.39, 0.29) is 12.1 Å². The highest BCUT2D eigenvalue weighted by Crippen LogP contribution is 2.30. The lowest BCUT2D eigenvalue weighted by molar-refractivity contribution is -0.137. The molecule has 0 fully saturated rings. The molecule has 0 saturated heterocycles. The predicted molar refractivity (Wildman–Crippen MR) is 75.6 cm³/mol. The Bertz CT molecular complexity index is 564. The minimum atomic E-state index is -4.30. The number of hydrogen-bond donors (Lipinski definition) is 1. The summed E-state index contributed by atoms with van der Waals surface area (Å²) in [5, 5.41) is 3.33. The van der Waals surface area contributed by atoms with Gasteiger partial charge in [-0.2, -0.15) is 13.2 Å². The van der Waals surface area contributed by atoms with Crippen molar-refractivity contribution in [1.29, 1.82) is 0 Å². The van der Waals surface area contributed by atoms with Gasteiger partial charge in [0.05, 0.1) is 11.3 Å². The van der Waals surface area contributed by atoms with Crippen LogP contribution in [-0.4, -0.2) is 4.98 Å². The fraction of sp³-hybridized carbons (Fsp3) is 0.312. The lowest BCUT2D eigenvalue weighted by Gasteiger charge is -2.20. The number of nitrogens with zero attached hydrogens (tertiary/aromatic N) is 1. The van der Waals surface area contributed by atoms with Crippen LogP contribution in [0.25, 0.3) is 0 Å². The summed E-state index contributed by atoms with van der Waals surface area (Å²) in [7, 11) is 0. The Balaban J connectivity index is 2.05. The van der Waals surface area contributed by atoms with E-state index in [9.17, 15) is 13.2 Å². The molecule has 5 heteroatoms. The molecule has 0 aliphatic rings. The second-order valence-corrected chi connectivity index (χ2v) is 4.98. The molecular weight excluding hydrogens is 277 g/mol. The quantitative estimate of drug-likeness (QED) is 0.897. The van der Waals surface area contributed by atoms with Crippen LogP contribution in [0.5, 0.6) is 0 Å². The van der Waals surface area contributed by atoms with Crippen molar-refractivity contribution < 1.29 is 13.2 Å². The van der Waals surface area contributed by atoms with Crippen LogP contribution in [0.3, 0.4) is 0 Å². The summed E-state index contributed by atoms with van der Waals surface area (Å²) in [6, 6.07) is 10.8. The molecule has 2 aromatic rings. The standard InChI is InChI=1S/C16H17F3N2/c1-11(21-12(2)15-5-3-4-10-20-15)13-6-8-14(9-7-13)16(17,18)19/h3-12,21H,1-2H3/t11?,12-/m1/s1. The van der Waals surface area contributed by atoms with E-state index in [4.69, 9.17) is 0 Å². The highest BCUT2D eigenvalue weighted by atomic mass is 19.4. The van der Waals surface area contributed by atoms with E-state index in [0.29, 0.717) is 0 Å². The van der Waals surface area contributed by atoms with E-state index in [1.807, 2.05) is 32.0 Å². The zero-order valence-corrected chi connectivity index (χ0v) is 11.9. The summed E-state index contributed by atoms with van der Waals surface area (Å²) in [6.45, 7) is 3.89. The fourth-order valence-corrected chi connectivity index (χ4v) is 2.15. The molecule has 112 valence electrons. The Morgan fingerprint density at radius 2 is 1.62 bits per heavy atom. The first-order valence-electron chi connectivity index (χ1n) is 6.72. The van der Waals surface area contributed by atoms with Gasteiger partial charge in [0.25, 0.3) is 0 Å². The molecule has 1 unspecified atom stereocenters. The van der Waals surface area contributed by atoms with Gasteiger partial charge in [-0.05, 0) is 43.7 Å². The van der Waals surface area contributed by atoms with Crippen molar-refractivity contribution in [2.24, 2.45) is 0 Å². The number of alkyl halides is 3. The average Bonchev–Trinajstić information content (AvgIpc) is 2.47. The van der Waals surface area contributed by atoms with E-state index < -0.39 is 11.7 Å². The van der Waals surface area contributed by atoms with Crippen molar-refractivity contribution in [3.8, 4) is 0 Å². The van der Waals surface area contributed by atoms with E-state index in [1.165, 1.54) is 12.1 Å². The summed E-state index contributed by atoms with van der Waals surface area (Å²) < 4.78 is 37.6. The summed E-state index contributed by atoms with van der Waals surface area (Å²) in [6.07, 6.45) is -2.58. The maximum atomic E-state index is 12.5. The van der Waals surface area contributed by atoms with Crippen LogP contribution in [0.1, 0.15) is 42.8 Å². The summed E-state index contributed by atoms with van der Waals surface area (Å²) in [5.41, 5.74) is 1.08. The van der Waals surface area contributed by atoms with Crippen molar-refractivity contribution in [3.05, 3.63) is 65.5 Å². The summed E-state index contributed by atoms with van der Waals surface area (Å²) in [4.78, 5) is 4.26. The first-order valence-corrected chi connectivity index (χ1v) is 6.72. The maximum Gasteiger partial charge on any atom is 0.416 e. The second-order valence-electron chi connectivity index (χ2n) is 4.98. The van der Waals surface area contributed by atoms with Gasteiger partial charge in [0.1, 0.15) is 0 Å². The summed E-state index contributed by atoms with van der Waals surface area (Å²) >= 11 is 0. The van der Waals surface area contributed by atoms with Gasteiger partial charge in [-0.25, -0.2) is 0 Å². The van der Waals surface area contributed by atoms with Crippen molar-refractivity contribution in [3.63, 3.8) is 0 Å². The highest BCUT2D eigenvalue weighted by molar-refractivity contribution is 5.26. The van der Waals surface area contributed by atoms with Crippen LogP contribution in [0.15, 0.2) is 48.7 Å². The number of nitrogens with one attached hydrogen (secondary N) is 1. The van der Waals surface area contributed by atoms with E-state index in [0.717, 1.165) is 23.4 Å². The van der Waals surface area contributed by atoms with Crippen LogP contribution in [-0.2, 0) is 6.18 Å². The molecule has 1 heterocycles. The number of halogens is 3. The first kappa shape index (κ1) is 15.5. The molecule has 1 N–H and O–H groups in total. The van der Waals surface area contributed by atoms with Gasteiger partial charge in [0.15, 0.2) is 0 Å². The topological polar surface area (TPSA) is 24.9 Å². The van der Waals surface area contributed by atoms with Gasteiger partial charge in [-0.3, -0.25) is 4.98 Å². The largest absolute Gasteiger partial charge is 0.416 e. The van der Waals surface area contributed by atoms with Gasteiger partial charge in [0, 0.05) is 18.3 Å². The lowest BCUT2D eigenvalue weighted by atomic mass is 10.0. The molecule has 0 spiro atoms. The van der Waals surface area contributed by atoms with E-state index in [1.54, 1.807) is 6.20 Å². The van der Waals surface area contributed by atoms with Crippen molar-refractivity contribution in [2.45, 2.75) is 32.1 Å². The Labute approximate surface area is 122 Å². The molecule has 2 nitrogen and oxygen atoms in total. The monoisotopic (exact) mass is 294 g/mol. The third-order valence-corrected chi connectivity index (χ3v) is 3.37. The zero-order valence-electron chi connectivity index (χ0n) is 11.9. The molecule has 0 amide bonds. The van der Waals surface area contributed by atoms with Crippen molar-refractivity contribution in [1.82, 2.24) is 10.3 Å². The number of rotatable bonds is 4. The van der Waals surface area contributed by atoms with Gasteiger partial charge in [-0.15, -0.1) is 0 Å². The molecule has 1 aromatic heterocycles. The van der Waals surface area contributed by atoms with Gasteiger partial charge >= 0.3 is 6.18 Å². The van der Waals surface area contributed by atoms with Crippen LogP contribution < -0.4 is 5.32 Å². The predicted octanol–water partition coefficient (Wildman–Crippen LogP) is 4.51. The molecule has 2 rings (SSSR count). The zero-order chi connectivity index (χ0) is 15.5. The molecule has 21 heavy (non-hydrogen) atoms. The minimum absolute atomic E-state index is 0.0171. The van der Waals surface area contributed by atoms with Gasteiger partial charge in [-0.1, -0.05) is 18.2 Å². The SMILES string of the molecule is CC(N[C@H](C)c1ccccn1)c1ccc(C(F)(F)F)cc1. The smallest absolute Gasteiger partial charge is 0.302 e. The maximum absolute atomic E-state index is 12.5. The third kappa shape index (κ3) is 4.04. The highest BCUT2D eigenvalue weighted by Gasteiger charge is 2.30. The van der Waals surface area contributed by atoms with Gasteiger partial charge < -0.3 is 5.32 Å². The van der Waals surface area contributed by atoms with Crippen LogP contribution in [0, 0.1) is 0 Å².